The van der Waals surface area contributed by atoms with E-state index in [4.69, 9.17) is 15.2 Å². The number of hydrogen-bond donors (Lipinski definition) is 1. The third kappa shape index (κ3) is 4.19. The molecule has 0 saturated heterocycles. The summed E-state index contributed by atoms with van der Waals surface area (Å²) in [5.41, 5.74) is 5.91. The van der Waals surface area contributed by atoms with Gasteiger partial charge in [0.25, 0.3) is 0 Å². The molecule has 0 atom stereocenters. The Morgan fingerprint density at radius 1 is 1.28 bits per heavy atom. The first-order valence-electron chi connectivity index (χ1n) is 5.65. The lowest BCUT2D eigenvalue weighted by Gasteiger charge is -2.12. The Morgan fingerprint density at radius 2 is 1.94 bits per heavy atom. The second kappa shape index (κ2) is 6.06. The van der Waals surface area contributed by atoms with E-state index in [0.29, 0.717) is 19.0 Å². The van der Waals surface area contributed by atoms with Crippen LogP contribution in [-0.4, -0.2) is 34.0 Å². The van der Waals surface area contributed by atoms with Gasteiger partial charge in [-0.15, -0.1) is 0 Å². The smallest absolute Gasteiger partial charge is 0.177 e. The van der Waals surface area contributed by atoms with Crippen molar-refractivity contribution in [1.82, 2.24) is 0 Å². The number of sulfone groups is 1. The van der Waals surface area contributed by atoms with Crippen LogP contribution >= 0.6 is 0 Å². The van der Waals surface area contributed by atoms with Crippen molar-refractivity contribution in [2.24, 2.45) is 0 Å². The number of rotatable bonds is 6. The minimum Gasteiger partial charge on any atom is -0.489 e. The van der Waals surface area contributed by atoms with Crippen LogP contribution in [0.4, 0.5) is 5.69 Å². The summed E-state index contributed by atoms with van der Waals surface area (Å²) in [4.78, 5) is 0.0878. The molecule has 0 aliphatic carbocycles. The second-order valence-corrected chi connectivity index (χ2v) is 6.19. The van der Waals surface area contributed by atoms with Crippen molar-refractivity contribution in [1.29, 1.82) is 0 Å². The van der Waals surface area contributed by atoms with Gasteiger partial charge in [0, 0.05) is 6.26 Å². The molecule has 102 valence electrons. The first-order valence-corrected chi connectivity index (χ1v) is 7.54. The average molecular weight is 273 g/mol. The van der Waals surface area contributed by atoms with Crippen LogP contribution in [0.3, 0.4) is 0 Å². The normalized spacial score (nSPS) is 11.8. The van der Waals surface area contributed by atoms with Crippen molar-refractivity contribution in [3.8, 4) is 5.75 Å². The van der Waals surface area contributed by atoms with E-state index in [1.807, 2.05) is 13.8 Å². The van der Waals surface area contributed by atoms with Crippen molar-refractivity contribution in [3.05, 3.63) is 18.2 Å². The average Bonchev–Trinajstić information content (AvgIpc) is 2.24. The van der Waals surface area contributed by atoms with E-state index in [0.717, 1.165) is 6.26 Å². The predicted molar refractivity (Wildman–Crippen MR) is 70.5 cm³/mol. The van der Waals surface area contributed by atoms with Crippen LogP contribution in [-0.2, 0) is 14.6 Å². The highest BCUT2D eigenvalue weighted by Crippen LogP contribution is 2.28. The fraction of sp³-hybridized carbons (Fsp3) is 0.500. The van der Waals surface area contributed by atoms with Gasteiger partial charge in [-0.2, -0.15) is 0 Å². The topological polar surface area (TPSA) is 78.6 Å². The molecule has 1 rings (SSSR count). The van der Waals surface area contributed by atoms with Gasteiger partial charge in [-0.1, -0.05) is 6.07 Å². The lowest BCUT2D eigenvalue weighted by atomic mass is 10.3. The lowest BCUT2D eigenvalue weighted by molar-refractivity contribution is 0.0554. The molecule has 6 heteroatoms. The van der Waals surface area contributed by atoms with Gasteiger partial charge in [0.05, 0.1) is 23.3 Å². The monoisotopic (exact) mass is 273 g/mol. The SMILES string of the molecule is CC(C)OCCOc1cccc(S(C)(=O)=O)c1N. The van der Waals surface area contributed by atoms with Crippen LogP contribution < -0.4 is 10.5 Å². The zero-order chi connectivity index (χ0) is 13.8. The first-order chi connectivity index (χ1) is 8.32. The van der Waals surface area contributed by atoms with E-state index in [-0.39, 0.29) is 16.7 Å². The van der Waals surface area contributed by atoms with Crippen LogP contribution in [0.25, 0.3) is 0 Å². The molecule has 18 heavy (non-hydrogen) atoms. The Hall–Kier alpha value is -1.27. The maximum atomic E-state index is 11.5. The molecule has 0 saturated carbocycles. The highest BCUT2D eigenvalue weighted by Gasteiger charge is 2.14. The maximum Gasteiger partial charge on any atom is 0.177 e. The van der Waals surface area contributed by atoms with Gasteiger partial charge in [-0.25, -0.2) is 8.42 Å². The van der Waals surface area contributed by atoms with Crippen LogP contribution in [0.2, 0.25) is 0 Å². The molecule has 0 aliphatic heterocycles. The van der Waals surface area contributed by atoms with Crippen molar-refractivity contribution in [2.45, 2.75) is 24.8 Å². The second-order valence-electron chi connectivity index (χ2n) is 4.21. The Kier molecular flexibility index (Phi) is 4.98. The van der Waals surface area contributed by atoms with Crippen LogP contribution in [0.15, 0.2) is 23.1 Å². The van der Waals surface area contributed by atoms with Crippen molar-refractivity contribution < 1.29 is 17.9 Å². The zero-order valence-corrected chi connectivity index (χ0v) is 11.7. The standard InChI is InChI=1S/C12H19NO4S/c1-9(2)16-7-8-17-10-5-4-6-11(12(10)13)18(3,14)15/h4-6,9H,7-8,13H2,1-3H3. The molecular weight excluding hydrogens is 254 g/mol. The summed E-state index contributed by atoms with van der Waals surface area (Å²) in [6.07, 6.45) is 1.25. The molecule has 0 radical (unpaired) electrons. The van der Waals surface area contributed by atoms with E-state index < -0.39 is 9.84 Å². The number of benzene rings is 1. The zero-order valence-electron chi connectivity index (χ0n) is 10.8. The van der Waals surface area contributed by atoms with Gasteiger partial charge in [0.15, 0.2) is 9.84 Å². The fourth-order valence-corrected chi connectivity index (χ4v) is 2.23. The summed E-state index contributed by atoms with van der Waals surface area (Å²) in [7, 11) is -3.34. The fourth-order valence-electron chi connectivity index (χ4n) is 1.41. The molecule has 0 amide bonds. The molecule has 0 unspecified atom stereocenters. The Bertz CT molecular complexity index is 497. The number of hydrogen-bond acceptors (Lipinski definition) is 5. The quantitative estimate of drug-likeness (QED) is 0.627. The largest absolute Gasteiger partial charge is 0.489 e. The van der Waals surface area contributed by atoms with Gasteiger partial charge in [0.2, 0.25) is 0 Å². The van der Waals surface area contributed by atoms with Crippen LogP contribution in [0.5, 0.6) is 5.75 Å². The van der Waals surface area contributed by atoms with Crippen LogP contribution in [0, 0.1) is 0 Å². The molecule has 2 N–H and O–H groups in total. The summed E-state index contributed by atoms with van der Waals surface area (Å²) < 4.78 is 33.7. The number of anilines is 1. The molecule has 0 fully saturated rings. The predicted octanol–water partition coefficient (Wildman–Crippen LogP) is 1.48. The van der Waals surface area contributed by atoms with E-state index in [1.54, 1.807) is 12.1 Å². The summed E-state index contributed by atoms with van der Waals surface area (Å²) in [6.45, 7) is 4.62. The third-order valence-corrected chi connectivity index (χ3v) is 3.37. The molecule has 0 bridgehead atoms. The van der Waals surface area contributed by atoms with E-state index >= 15 is 0 Å². The number of ether oxygens (including phenoxy) is 2. The Morgan fingerprint density at radius 3 is 2.50 bits per heavy atom. The molecular formula is C12H19NO4S. The number of para-hydroxylation sites is 1. The van der Waals surface area contributed by atoms with Crippen molar-refractivity contribution in [3.63, 3.8) is 0 Å². The van der Waals surface area contributed by atoms with E-state index in [2.05, 4.69) is 0 Å². The lowest BCUT2D eigenvalue weighted by Crippen LogP contribution is -2.12. The van der Waals surface area contributed by atoms with Gasteiger partial charge in [-0.3, -0.25) is 0 Å². The highest BCUT2D eigenvalue weighted by atomic mass is 32.2. The van der Waals surface area contributed by atoms with Gasteiger partial charge in [-0.05, 0) is 26.0 Å². The summed E-state index contributed by atoms with van der Waals surface area (Å²) >= 11 is 0. The molecule has 0 aliphatic rings. The molecule has 5 nitrogen and oxygen atoms in total. The van der Waals surface area contributed by atoms with Crippen molar-refractivity contribution in [2.75, 3.05) is 25.2 Å². The molecule has 1 aromatic rings. The number of nitrogen functional groups attached to an aromatic ring is 1. The summed E-state index contributed by atoms with van der Waals surface area (Å²) in [5, 5.41) is 0. The molecule has 0 heterocycles. The molecule has 0 aromatic heterocycles. The van der Waals surface area contributed by atoms with Gasteiger partial charge < -0.3 is 15.2 Å². The van der Waals surface area contributed by atoms with E-state index in [9.17, 15) is 8.42 Å². The minimum atomic E-state index is -3.34. The Balaban J connectivity index is 2.73. The Labute approximate surface area is 108 Å². The highest BCUT2D eigenvalue weighted by molar-refractivity contribution is 7.90. The summed E-state index contributed by atoms with van der Waals surface area (Å²) in [5.74, 6) is 0.366. The van der Waals surface area contributed by atoms with Crippen LogP contribution in [0.1, 0.15) is 13.8 Å². The van der Waals surface area contributed by atoms with Gasteiger partial charge >= 0.3 is 0 Å². The van der Waals surface area contributed by atoms with Gasteiger partial charge in [0.1, 0.15) is 12.4 Å². The minimum absolute atomic E-state index is 0.0878. The third-order valence-electron chi connectivity index (χ3n) is 2.22. The van der Waals surface area contributed by atoms with Crippen molar-refractivity contribution >= 4 is 15.5 Å². The first kappa shape index (κ1) is 14.8. The maximum absolute atomic E-state index is 11.5. The number of nitrogens with two attached hydrogens (primary N) is 1. The van der Waals surface area contributed by atoms with E-state index in [1.165, 1.54) is 6.07 Å². The summed E-state index contributed by atoms with van der Waals surface area (Å²) in [6, 6.07) is 4.70. The molecule has 1 aromatic carbocycles. The molecule has 0 spiro atoms.